The first-order chi connectivity index (χ1) is 10.6. The average molecular weight is 320 g/mol. The number of carbonyl (C=O) groups is 3. The molecule has 1 aromatic carbocycles. The van der Waals surface area contributed by atoms with E-state index in [1.807, 2.05) is 13.8 Å². The highest BCUT2D eigenvalue weighted by Gasteiger charge is 2.25. The number of amides is 2. The summed E-state index contributed by atoms with van der Waals surface area (Å²) >= 11 is 0. The number of carboxylic acid groups (broad SMARTS) is 1. The Bertz CT molecular complexity index is 609. The third-order valence-corrected chi connectivity index (χ3v) is 3.38. The number of aryl methyl sites for hydroxylation is 1. The smallest absolute Gasteiger partial charge is 0.303 e. The van der Waals surface area contributed by atoms with Gasteiger partial charge in [-0.15, -0.1) is 0 Å². The monoisotopic (exact) mass is 320 g/mol. The first-order valence-electron chi connectivity index (χ1n) is 7.55. The highest BCUT2D eigenvalue weighted by molar-refractivity contribution is 5.97. The van der Waals surface area contributed by atoms with E-state index >= 15 is 0 Å². The maximum absolute atomic E-state index is 12.2. The van der Waals surface area contributed by atoms with Crippen LogP contribution >= 0.6 is 0 Å². The van der Waals surface area contributed by atoms with Gasteiger partial charge in [-0.2, -0.15) is 0 Å². The van der Waals surface area contributed by atoms with Gasteiger partial charge in [-0.1, -0.05) is 19.9 Å². The van der Waals surface area contributed by atoms with E-state index in [0.717, 1.165) is 5.56 Å². The molecule has 3 N–H and O–H groups in total. The molecule has 0 saturated carbocycles. The molecule has 23 heavy (non-hydrogen) atoms. The van der Waals surface area contributed by atoms with Gasteiger partial charge >= 0.3 is 5.97 Å². The zero-order valence-corrected chi connectivity index (χ0v) is 14.0. The molecule has 6 heteroatoms. The van der Waals surface area contributed by atoms with E-state index < -0.39 is 11.4 Å². The Morgan fingerprint density at radius 3 is 2.39 bits per heavy atom. The number of carbonyl (C=O) groups excluding carboxylic acids is 2. The topological polar surface area (TPSA) is 95.5 Å². The van der Waals surface area contributed by atoms with Gasteiger partial charge in [0.1, 0.15) is 0 Å². The Morgan fingerprint density at radius 1 is 1.17 bits per heavy atom. The summed E-state index contributed by atoms with van der Waals surface area (Å²) in [7, 11) is 0. The maximum Gasteiger partial charge on any atom is 0.303 e. The van der Waals surface area contributed by atoms with Crippen LogP contribution in [0.5, 0.6) is 0 Å². The summed E-state index contributed by atoms with van der Waals surface area (Å²) in [5.74, 6) is -1.40. The van der Waals surface area contributed by atoms with Crippen LogP contribution in [0.25, 0.3) is 0 Å². The number of anilines is 1. The molecule has 0 radical (unpaired) electrons. The van der Waals surface area contributed by atoms with E-state index in [2.05, 4.69) is 10.6 Å². The van der Waals surface area contributed by atoms with Gasteiger partial charge < -0.3 is 15.7 Å². The lowest BCUT2D eigenvalue weighted by atomic mass is 9.85. The van der Waals surface area contributed by atoms with Crippen molar-refractivity contribution in [1.29, 1.82) is 0 Å². The van der Waals surface area contributed by atoms with Gasteiger partial charge in [0.2, 0.25) is 5.91 Å². The summed E-state index contributed by atoms with van der Waals surface area (Å²) < 4.78 is 0. The van der Waals surface area contributed by atoms with E-state index in [1.54, 1.807) is 32.0 Å². The van der Waals surface area contributed by atoms with Crippen LogP contribution < -0.4 is 10.6 Å². The summed E-state index contributed by atoms with van der Waals surface area (Å²) in [6.07, 6.45) is 0.00245. The second kappa shape index (κ2) is 7.76. The molecular weight excluding hydrogens is 296 g/mol. The molecule has 0 aliphatic carbocycles. The molecule has 0 heterocycles. The van der Waals surface area contributed by atoms with E-state index in [1.165, 1.54) is 0 Å². The summed E-state index contributed by atoms with van der Waals surface area (Å²) in [6, 6.07) is 5.09. The normalized spacial score (nSPS) is 11.0. The van der Waals surface area contributed by atoms with Gasteiger partial charge in [0.05, 0.1) is 6.42 Å². The van der Waals surface area contributed by atoms with Crippen LogP contribution in [0.15, 0.2) is 18.2 Å². The van der Waals surface area contributed by atoms with Crippen LogP contribution in [0.3, 0.4) is 0 Å². The zero-order chi connectivity index (χ0) is 17.6. The van der Waals surface area contributed by atoms with Gasteiger partial charge in [0, 0.05) is 24.2 Å². The van der Waals surface area contributed by atoms with Crippen LogP contribution in [0.1, 0.15) is 49.5 Å². The fraction of sp³-hybridized carbons (Fsp3) is 0.471. The average Bonchev–Trinajstić information content (AvgIpc) is 2.39. The number of rotatable bonds is 7. The molecule has 126 valence electrons. The minimum absolute atomic E-state index is 0.0850. The molecule has 0 bridgehead atoms. The van der Waals surface area contributed by atoms with Gasteiger partial charge in [-0.25, -0.2) is 0 Å². The molecule has 0 spiro atoms. The van der Waals surface area contributed by atoms with Crippen LogP contribution in [0.4, 0.5) is 5.69 Å². The van der Waals surface area contributed by atoms with Crippen LogP contribution in [-0.2, 0) is 9.59 Å². The summed E-state index contributed by atoms with van der Waals surface area (Å²) in [5, 5.41) is 14.3. The number of hydrogen-bond donors (Lipinski definition) is 3. The third kappa shape index (κ3) is 6.10. The Kier molecular flexibility index (Phi) is 6.30. The summed E-state index contributed by atoms with van der Waals surface area (Å²) in [6.45, 7) is 7.66. The Hall–Kier alpha value is -2.37. The number of hydrogen-bond acceptors (Lipinski definition) is 3. The Morgan fingerprint density at radius 2 is 1.83 bits per heavy atom. The zero-order valence-electron chi connectivity index (χ0n) is 14.0. The maximum atomic E-state index is 12.2. The molecule has 0 unspecified atom stereocenters. The fourth-order valence-corrected chi connectivity index (χ4v) is 2.26. The van der Waals surface area contributed by atoms with Crippen molar-refractivity contribution in [3.63, 3.8) is 0 Å². The number of benzene rings is 1. The van der Waals surface area contributed by atoms with E-state index in [9.17, 15) is 14.4 Å². The summed E-state index contributed by atoms with van der Waals surface area (Å²) in [5.41, 5.74) is 1.23. The molecule has 0 aliphatic heterocycles. The van der Waals surface area contributed by atoms with Crippen LogP contribution in [-0.4, -0.2) is 29.4 Å². The van der Waals surface area contributed by atoms with Gasteiger partial charge in [0.15, 0.2) is 0 Å². The lowest BCUT2D eigenvalue weighted by Crippen LogP contribution is -2.25. The molecule has 0 aromatic heterocycles. The van der Waals surface area contributed by atoms with Crippen molar-refractivity contribution in [2.75, 3.05) is 11.9 Å². The van der Waals surface area contributed by atoms with E-state index in [0.29, 0.717) is 17.8 Å². The largest absolute Gasteiger partial charge is 0.481 e. The number of aliphatic carboxylic acids is 1. The predicted octanol–water partition coefficient (Wildman–Crippen LogP) is 2.57. The third-order valence-electron chi connectivity index (χ3n) is 3.38. The summed E-state index contributed by atoms with van der Waals surface area (Å²) in [4.78, 5) is 34.8. The van der Waals surface area contributed by atoms with E-state index in [4.69, 9.17) is 5.11 Å². The molecule has 0 aliphatic rings. The molecule has 6 nitrogen and oxygen atoms in total. The van der Waals surface area contributed by atoms with Gasteiger partial charge in [-0.3, -0.25) is 14.4 Å². The lowest BCUT2D eigenvalue weighted by molar-refractivity contribution is -0.139. The van der Waals surface area contributed by atoms with Crippen molar-refractivity contribution in [2.24, 2.45) is 5.41 Å². The fourth-order valence-electron chi connectivity index (χ4n) is 2.26. The first kappa shape index (κ1) is 18.7. The van der Waals surface area contributed by atoms with Crippen molar-refractivity contribution in [3.05, 3.63) is 29.3 Å². The lowest BCUT2D eigenvalue weighted by Gasteiger charge is -2.22. The minimum atomic E-state index is -0.933. The standard InChI is InChI=1S/C17H24N2O4/c1-5-18-16(23)12-7-6-11(2)13(8-12)19-14(20)9-17(3,4)10-15(21)22/h6-8H,5,9-10H2,1-4H3,(H,18,23)(H,19,20)(H,21,22). The highest BCUT2D eigenvalue weighted by Crippen LogP contribution is 2.26. The first-order valence-corrected chi connectivity index (χ1v) is 7.55. The molecule has 2 amide bonds. The number of nitrogens with one attached hydrogen (secondary N) is 2. The van der Waals surface area contributed by atoms with E-state index in [-0.39, 0.29) is 24.7 Å². The predicted molar refractivity (Wildman–Crippen MR) is 88.5 cm³/mol. The quantitative estimate of drug-likeness (QED) is 0.719. The van der Waals surface area contributed by atoms with Gasteiger partial charge in [0.25, 0.3) is 5.91 Å². The van der Waals surface area contributed by atoms with Crippen LogP contribution in [0.2, 0.25) is 0 Å². The van der Waals surface area contributed by atoms with Crippen molar-refractivity contribution in [3.8, 4) is 0 Å². The molecule has 0 atom stereocenters. The second-order valence-corrected chi connectivity index (χ2v) is 6.35. The molecule has 0 fully saturated rings. The van der Waals surface area contributed by atoms with Crippen molar-refractivity contribution < 1.29 is 19.5 Å². The molecule has 0 saturated heterocycles. The molecular formula is C17H24N2O4. The SMILES string of the molecule is CCNC(=O)c1ccc(C)c(NC(=O)CC(C)(C)CC(=O)O)c1. The van der Waals surface area contributed by atoms with Crippen molar-refractivity contribution >= 4 is 23.5 Å². The second-order valence-electron chi connectivity index (χ2n) is 6.35. The van der Waals surface area contributed by atoms with Crippen LogP contribution in [0, 0.1) is 12.3 Å². The van der Waals surface area contributed by atoms with Crippen molar-refractivity contribution in [1.82, 2.24) is 5.32 Å². The Labute approximate surface area is 136 Å². The number of carboxylic acids is 1. The van der Waals surface area contributed by atoms with Gasteiger partial charge in [-0.05, 0) is 37.0 Å². The van der Waals surface area contributed by atoms with Crippen molar-refractivity contribution in [2.45, 2.75) is 40.5 Å². The molecule has 1 rings (SSSR count). The molecule has 1 aromatic rings. The Balaban J connectivity index is 2.83. The minimum Gasteiger partial charge on any atom is -0.481 e. The highest BCUT2D eigenvalue weighted by atomic mass is 16.4.